The minimum atomic E-state index is -1.000. The van der Waals surface area contributed by atoms with Gasteiger partial charge in [0.05, 0.1) is 12.0 Å². The molecule has 9 heteroatoms. The number of esters is 1. The van der Waals surface area contributed by atoms with Crippen molar-refractivity contribution in [2.75, 3.05) is 11.9 Å². The van der Waals surface area contributed by atoms with Crippen molar-refractivity contribution in [2.24, 2.45) is 0 Å². The van der Waals surface area contributed by atoms with Crippen molar-refractivity contribution >= 4 is 50.2 Å². The number of benzene rings is 2. The highest BCUT2D eigenvalue weighted by molar-refractivity contribution is 7.20. The summed E-state index contributed by atoms with van der Waals surface area (Å²) >= 11 is 1.22. The van der Waals surface area contributed by atoms with Crippen LogP contribution in [0.1, 0.15) is 26.4 Å². The Balaban J connectivity index is 1.36. The van der Waals surface area contributed by atoms with E-state index in [0.717, 1.165) is 22.0 Å². The maximum atomic E-state index is 12.8. The van der Waals surface area contributed by atoms with Crippen LogP contribution in [-0.4, -0.2) is 44.6 Å². The average molecular weight is 501 g/mol. The molecule has 8 nitrogen and oxygen atoms in total. The van der Waals surface area contributed by atoms with Gasteiger partial charge in [-0.05, 0) is 29.7 Å². The van der Waals surface area contributed by atoms with E-state index in [-0.39, 0.29) is 13.0 Å². The molecule has 3 aromatic heterocycles. The number of thiophene rings is 1. The lowest BCUT2D eigenvalue weighted by Crippen LogP contribution is -2.32. The molecule has 2 aromatic carbocycles. The Hall–Kier alpha value is -4.24. The van der Waals surface area contributed by atoms with E-state index in [2.05, 4.69) is 20.3 Å². The van der Waals surface area contributed by atoms with Crippen molar-refractivity contribution in [3.05, 3.63) is 88.7 Å². The smallest absolute Gasteiger partial charge is 0.348 e. The summed E-state index contributed by atoms with van der Waals surface area (Å²) in [4.78, 5) is 37.8. The number of carbonyl (C=O) groups is 2. The van der Waals surface area contributed by atoms with E-state index in [9.17, 15) is 14.7 Å². The lowest BCUT2D eigenvalue weighted by atomic mass is 10.0. The molecule has 182 valence electrons. The van der Waals surface area contributed by atoms with E-state index in [1.165, 1.54) is 17.7 Å². The first-order chi connectivity index (χ1) is 17.5. The molecule has 1 unspecified atom stereocenters. The number of hydrogen-bond donors (Lipinski definition) is 3. The Morgan fingerprint density at radius 2 is 1.89 bits per heavy atom. The Morgan fingerprint density at radius 3 is 2.69 bits per heavy atom. The van der Waals surface area contributed by atoms with Crippen molar-refractivity contribution in [3.8, 4) is 0 Å². The van der Waals surface area contributed by atoms with Crippen LogP contribution in [0.25, 0.3) is 21.1 Å². The van der Waals surface area contributed by atoms with Crippen molar-refractivity contribution in [1.82, 2.24) is 15.0 Å². The average Bonchev–Trinajstić information content (AvgIpc) is 3.45. The van der Waals surface area contributed by atoms with Gasteiger partial charge in [-0.2, -0.15) is 0 Å². The zero-order chi connectivity index (χ0) is 25.1. The number of nitrogens with zero attached hydrogens (tertiary/aromatic N) is 2. The highest BCUT2D eigenvalue weighted by Gasteiger charge is 2.25. The molecule has 0 fully saturated rings. The number of fused-ring (bicyclic) bond motifs is 2. The molecular formula is C27H24N4O4S. The van der Waals surface area contributed by atoms with Crippen LogP contribution in [0.15, 0.2) is 67.1 Å². The summed E-state index contributed by atoms with van der Waals surface area (Å²) in [5, 5.41) is 14.6. The number of para-hydroxylation sites is 1. The molecular weight excluding hydrogens is 476 g/mol. The predicted octanol–water partition coefficient (Wildman–Crippen LogP) is 4.99. The molecule has 0 saturated carbocycles. The van der Waals surface area contributed by atoms with Crippen LogP contribution in [-0.2, 0) is 22.4 Å². The van der Waals surface area contributed by atoms with Crippen LogP contribution in [0.3, 0.4) is 0 Å². The number of hydrogen-bond acceptors (Lipinski definition) is 7. The third-order valence-electron chi connectivity index (χ3n) is 6.09. The molecule has 5 rings (SSSR count). The number of carboxylic acid groups (broad SMARTS) is 1. The van der Waals surface area contributed by atoms with Crippen LogP contribution in [0.5, 0.6) is 0 Å². The molecule has 0 bridgehead atoms. The molecule has 3 N–H and O–H groups in total. The van der Waals surface area contributed by atoms with E-state index in [4.69, 9.17) is 4.74 Å². The Morgan fingerprint density at radius 1 is 1.11 bits per heavy atom. The van der Waals surface area contributed by atoms with E-state index in [1.54, 1.807) is 6.92 Å². The number of aromatic amines is 1. The number of ether oxygens (including phenoxy) is 1. The molecule has 1 atom stereocenters. The molecule has 0 aliphatic rings. The van der Waals surface area contributed by atoms with Crippen molar-refractivity contribution in [3.63, 3.8) is 0 Å². The van der Waals surface area contributed by atoms with Crippen LogP contribution < -0.4 is 5.32 Å². The molecule has 0 saturated heterocycles. The fourth-order valence-corrected chi connectivity index (χ4v) is 5.28. The number of aromatic nitrogens is 3. The Kier molecular flexibility index (Phi) is 6.64. The number of aryl methyl sites for hydroxylation is 1. The van der Waals surface area contributed by atoms with Gasteiger partial charge in [-0.25, -0.2) is 19.6 Å². The summed E-state index contributed by atoms with van der Waals surface area (Å²) in [6.45, 7) is 2.07. The summed E-state index contributed by atoms with van der Waals surface area (Å²) in [6, 6.07) is 16.6. The number of carboxylic acids is 1. The molecule has 0 aliphatic heterocycles. The van der Waals surface area contributed by atoms with Gasteiger partial charge in [0.2, 0.25) is 0 Å². The van der Waals surface area contributed by atoms with E-state index in [0.29, 0.717) is 32.9 Å². The second kappa shape index (κ2) is 10.2. The summed E-state index contributed by atoms with van der Waals surface area (Å²) in [6.07, 6.45) is 4.08. The van der Waals surface area contributed by atoms with Crippen LogP contribution in [0, 0.1) is 6.92 Å². The third-order valence-corrected chi connectivity index (χ3v) is 7.27. The lowest BCUT2D eigenvalue weighted by molar-refractivity contribution is -0.137. The third kappa shape index (κ3) is 4.78. The first-order valence-electron chi connectivity index (χ1n) is 11.5. The molecule has 0 aliphatic carbocycles. The first-order valence-corrected chi connectivity index (χ1v) is 12.3. The maximum Gasteiger partial charge on any atom is 0.348 e. The van der Waals surface area contributed by atoms with Gasteiger partial charge in [-0.3, -0.25) is 0 Å². The molecule has 0 spiro atoms. The number of carbonyl (C=O) groups excluding carboxylic acids is 1. The minimum absolute atomic E-state index is 0.252. The molecule has 36 heavy (non-hydrogen) atoms. The van der Waals surface area contributed by atoms with Gasteiger partial charge in [0.15, 0.2) is 0 Å². The number of rotatable bonds is 9. The van der Waals surface area contributed by atoms with Gasteiger partial charge in [-0.15, -0.1) is 11.3 Å². The summed E-state index contributed by atoms with van der Waals surface area (Å²) < 4.78 is 5.52. The number of aliphatic carboxylic acids is 1. The van der Waals surface area contributed by atoms with Crippen molar-refractivity contribution in [1.29, 1.82) is 0 Å². The summed E-state index contributed by atoms with van der Waals surface area (Å²) in [5.41, 5.74) is 3.59. The van der Waals surface area contributed by atoms with E-state index >= 15 is 0 Å². The van der Waals surface area contributed by atoms with E-state index < -0.39 is 18.0 Å². The molecule has 0 radical (unpaired) electrons. The monoisotopic (exact) mass is 500 g/mol. The zero-order valence-corrected chi connectivity index (χ0v) is 20.3. The van der Waals surface area contributed by atoms with Gasteiger partial charge in [0, 0.05) is 29.9 Å². The largest absolute Gasteiger partial charge is 0.480 e. The zero-order valence-electron chi connectivity index (χ0n) is 19.5. The molecule has 3 heterocycles. The second-order valence-electron chi connectivity index (χ2n) is 8.43. The highest BCUT2D eigenvalue weighted by Crippen LogP contribution is 2.34. The number of H-pyrrole nitrogens is 1. The Bertz CT molecular complexity index is 1540. The maximum absolute atomic E-state index is 12.8. The van der Waals surface area contributed by atoms with Gasteiger partial charge in [0.25, 0.3) is 0 Å². The fraction of sp³-hybridized carbons (Fsp3) is 0.185. The van der Waals surface area contributed by atoms with Crippen LogP contribution in [0.4, 0.5) is 5.82 Å². The van der Waals surface area contributed by atoms with E-state index in [1.807, 2.05) is 60.8 Å². The minimum Gasteiger partial charge on any atom is -0.480 e. The highest BCUT2D eigenvalue weighted by atomic mass is 32.1. The lowest BCUT2D eigenvalue weighted by Gasteiger charge is -2.15. The second-order valence-corrected chi connectivity index (χ2v) is 9.43. The number of anilines is 1. The summed E-state index contributed by atoms with van der Waals surface area (Å²) in [7, 11) is 0. The van der Waals surface area contributed by atoms with Crippen LogP contribution in [0.2, 0.25) is 0 Å². The van der Waals surface area contributed by atoms with Crippen LogP contribution >= 0.6 is 11.3 Å². The topological polar surface area (TPSA) is 117 Å². The van der Waals surface area contributed by atoms with Crippen molar-refractivity contribution in [2.45, 2.75) is 25.8 Å². The number of nitrogens with one attached hydrogen (secondary N) is 2. The Labute approximate surface area is 211 Å². The standard InChI is InChI=1S/C27H24N4O4S/c1-16-22-24(31-21(26(32)33)13-18-14-28-20-10-6-5-9-19(18)20)29-15-30-25(22)36-23(16)27(34)35-12-11-17-7-3-2-4-8-17/h2-10,14-15,21,28H,11-13H2,1H3,(H,32,33)(H,29,30,31). The SMILES string of the molecule is Cc1c(C(=O)OCCc2ccccc2)sc2ncnc(NC(Cc3c[nH]c4ccccc34)C(=O)O)c12. The van der Waals surface area contributed by atoms with Crippen molar-refractivity contribution < 1.29 is 19.4 Å². The predicted molar refractivity (Wildman–Crippen MR) is 140 cm³/mol. The van der Waals surface area contributed by atoms with Gasteiger partial charge in [0.1, 0.15) is 27.9 Å². The van der Waals surface area contributed by atoms with Gasteiger partial charge in [-0.1, -0.05) is 48.5 Å². The normalized spacial score (nSPS) is 12.0. The molecule has 0 amide bonds. The first kappa shape index (κ1) is 23.5. The molecule has 5 aromatic rings. The van der Waals surface area contributed by atoms with Gasteiger partial charge < -0.3 is 20.1 Å². The fourth-order valence-electron chi connectivity index (χ4n) is 4.23. The van der Waals surface area contributed by atoms with Gasteiger partial charge >= 0.3 is 11.9 Å². The quantitative estimate of drug-likeness (QED) is 0.244. The summed E-state index contributed by atoms with van der Waals surface area (Å²) in [5.74, 6) is -1.05.